The summed E-state index contributed by atoms with van der Waals surface area (Å²) in [5.74, 6) is 4.69. The van der Waals surface area contributed by atoms with Crippen molar-refractivity contribution >= 4 is 33.3 Å². The Hall–Kier alpha value is -4.03. The number of aryl methyl sites for hydroxylation is 1. The molecule has 0 unspecified atom stereocenters. The van der Waals surface area contributed by atoms with Crippen LogP contribution in [0.15, 0.2) is 36.4 Å². The van der Waals surface area contributed by atoms with Crippen LogP contribution in [0.25, 0.3) is 15.3 Å². The Labute approximate surface area is 200 Å². The molecule has 5 rings (SSSR count). The molecule has 4 aromatic rings. The van der Waals surface area contributed by atoms with Crippen LogP contribution in [0, 0.1) is 19.3 Å². The molecular weight excluding hydrogens is 452 g/mol. The van der Waals surface area contributed by atoms with E-state index in [0.29, 0.717) is 28.9 Å². The number of methoxy groups -OCH3 is 2. The average molecular weight is 475 g/mol. The zero-order valence-corrected chi connectivity index (χ0v) is 19.7. The highest BCUT2D eigenvalue weighted by Crippen LogP contribution is 2.43. The first-order chi connectivity index (χ1) is 16.5. The van der Waals surface area contributed by atoms with Crippen LogP contribution in [-0.2, 0) is 4.79 Å². The van der Waals surface area contributed by atoms with E-state index in [-0.39, 0.29) is 18.4 Å². The van der Waals surface area contributed by atoms with Crippen LogP contribution in [0.2, 0.25) is 0 Å². The Balaban J connectivity index is 1.58. The normalized spacial score (nSPS) is 14.9. The lowest BCUT2D eigenvalue weighted by Crippen LogP contribution is -2.25. The maximum Gasteiger partial charge on any atom is 0.226 e. The van der Waals surface area contributed by atoms with E-state index in [1.165, 1.54) is 11.3 Å². The summed E-state index contributed by atoms with van der Waals surface area (Å²) < 4.78 is 19.1. The van der Waals surface area contributed by atoms with Crippen molar-refractivity contribution in [2.75, 3.05) is 26.1 Å². The number of terminal acetylenes is 1. The Morgan fingerprint density at radius 2 is 2.06 bits per heavy atom. The van der Waals surface area contributed by atoms with E-state index >= 15 is 0 Å². The Morgan fingerprint density at radius 1 is 1.21 bits per heavy atom. The average Bonchev–Trinajstić information content (AvgIpc) is 3.42. The van der Waals surface area contributed by atoms with Gasteiger partial charge in [-0.1, -0.05) is 23.3 Å². The summed E-state index contributed by atoms with van der Waals surface area (Å²) in [6.07, 6.45) is 5.61. The summed E-state index contributed by atoms with van der Waals surface area (Å²) in [4.78, 5) is 17.5. The zero-order chi connectivity index (χ0) is 23.8. The number of nitrogens with one attached hydrogen (secondary N) is 1. The van der Waals surface area contributed by atoms with Gasteiger partial charge < -0.3 is 19.5 Å². The largest absolute Gasteiger partial charge is 0.497 e. The molecule has 1 aliphatic rings. The Bertz CT molecular complexity index is 1450. The topological polar surface area (TPSA) is 87.5 Å². The minimum atomic E-state index is -0.192. The number of benzene rings is 2. The van der Waals surface area contributed by atoms with E-state index < -0.39 is 0 Å². The van der Waals surface area contributed by atoms with Crippen LogP contribution in [0.4, 0.5) is 5.82 Å². The third-order valence-electron chi connectivity index (χ3n) is 5.77. The van der Waals surface area contributed by atoms with E-state index in [0.717, 1.165) is 32.8 Å². The second-order valence-corrected chi connectivity index (χ2v) is 8.81. The Kier molecular flexibility index (Phi) is 5.59. The van der Waals surface area contributed by atoms with Gasteiger partial charge >= 0.3 is 0 Å². The van der Waals surface area contributed by atoms with Gasteiger partial charge in [0.2, 0.25) is 11.0 Å². The van der Waals surface area contributed by atoms with Crippen LogP contribution in [0.1, 0.15) is 29.2 Å². The maximum absolute atomic E-state index is 12.8. The van der Waals surface area contributed by atoms with E-state index in [1.54, 1.807) is 18.9 Å². The molecule has 0 saturated carbocycles. The van der Waals surface area contributed by atoms with E-state index in [2.05, 4.69) is 11.2 Å². The molecule has 0 spiro atoms. The lowest BCUT2D eigenvalue weighted by atomic mass is 9.85. The fourth-order valence-corrected chi connectivity index (χ4v) is 5.17. The van der Waals surface area contributed by atoms with Gasteiger partial charge in [0.25, 0.3) is 0 Å². The van der Waals surface area contributed by atoms with Crippen LogP contribution in [0.5, 0.6) is 17.2 Å². The number of amides is 1. The summed E-state index contributed by atoms with van der Waals surface area (Å²) in [6.45, 7) is 2.09. The number of aromatic nitrogens is 3. The molecule has 34 heavy (non-hydrogen) atoms. The van der Waals surface area contributed by atoms with Crippen molar-refractivity contribution in [2.45, 2.75) is 19.3 Å². The highest BCUT2D eigenvalue weighted by molar-refractivity contribution is 7.20. The minimum absolute atomic E-state index is 0.0898. The number of rotatable bonds is 6. The van der Waals surface area contributed by atoms with Gasteiger partial charge in [-0.05, 0) is 42.8 Å². The van der Waals surface area contributed by atoms with E-state index in [1.807, 2.05) is 43.3 Å². The first-order valence-corrected chi connectivity index (χ1v) is 11.4. The second-order valence-electron chi connectivity index (χ2n) is 7.80. The number of hydrogen-bond donors (Lipinski definition) is 1. The predicted molar refractivity (Wildman–Crippen MR) is 130 cm³/mol. The number of ether oxygens (including phenoxy) is 3. The molecule has 0 radical (unpaired) electrons. The smallest absolute Gasteiger partial charge is 0.226 e. The van der Waals surface area contributed by atoms with Crippen molar-refractivity contribution in [1.29, 1.82) is 0 Å². The van der Waals surface area contributed by atoms with Crippen molar-refractivity contribution < 1.29 is 19.0 Å². The molecule has 1 atom stereocenters. The molecule has 2 aromatic carbocycles. The number of carbonyl (C=O) groups excluding carboxylic acids is 1. The van der Waals surface area contributed by atoms with Crippen LogP contribution in [-0.4, -0.2) is 41.5 Å². The monoisotopic (exact) mass is 474 g/mol. The molecule has 172 valence electrons. The molecule has 0 aliphatic carbocycles. The quantitative estimate of drug-likeness (QED) is 0.420. The van der Waals surface area contributed by atoms with Gasteiger partial charge in [-0.15, -0.1) is 6.42 Å². The number of fused-ring (bicyclic) bond motifs is 2. The number of carbonyl (C=O) groups is 1. The molecule has 3 heterocycles. The molecule has 0 fully saturated rings. The molecule has 1 N–H and O–H groups in total. The third kappa shape index (κ3) is 3.72. The lowest BCUT2D eigenvalue weighted by molar-refractivity contribution is -0.116. The second kappa shape index (κ2) is 8.72. The van der Waals surface area contributed by atoms with Gasteiger partial charge in [0.05, 0.1) is 30.1 Å². The zero-order valence-electron chi connectivity index (χ0n) is 18.9. The van der Waals surface area contributed by atoms with Crippen molar-refractivity contribution in [2.24, 2.45) is 0 Å². The van der Waals surface area contributed by atoms with Crippen LogP contribution in [0.3, 0.4) is 0 Å². The molecule has 8 nitrogen and oxygen atoms in total. The highest BCUT2D eigenvalue weighted by Gasteiger charge is 2.33. The van der Waals surface area contributed by atoms with Gasteiger partial charge in [0, 0.05) is 17.9 Å². The summed E-state index contributed by atoms with van der Waals surface area (Å²) in [7, 11) is 3.21. The molecule has 2 aromatic heterocycles. The molecule has 0 bridgehead atoms. The van der Waals surface area contributed by atoms with Crippen molar-refractivity contribution in [3.05, 3.63) is 53.2 Å². The molecule has 1 aliphatic heterocycles. The van der Waals surface area contributed by atoms with Crippen molar-refractivity contribution in [3.8, 4) is 34.7 Å². The van der Waals surface area contributed by atoms with Gasteiger partial charge in [0.15, 0.2) is 11.5 Å². The number of nitrogens with zero attached hydrogens (tertiary/aromatic N) is 3. The molecule has 1 amide bonds. The van der Waals surface area contributed by atoms with Crippen molar-refractivity contribution in [1.82, 2.24) is 14.8 Å². The fraction of sp³-hybridized carbons (Fsp3) is 0.240. The van der Waals surface area contributed by atoms with Gasteiger partial charge in [0.1, 0.15) is 18.2 Å². The van der Waals surface area contributed by atoms with E-state index in [9.17, 15) is 4.79 Å². The maximum atomic E-state index is 12.8. The summed E-state index contributed by atoms with van der Waals surface area (Å²) in [5.41, 5.74) is 3.55. The molecular formula is C25H22N4O4S. The van der Waals surface area contributed by atoms with E-state index in [4.69, 9.17) is 30.7 Å². The highest BCUT2D eigenvalue weighted by atomic mass is 32.1. The van der Waals surface area contributed by atoms with Crippen LogP contribution >= 0.6 is 11.3 Å². The van der Waals surface area contributed by atoms with Gasteiger partial charge in [-0.2, -0.15) is 9.78 Å². The number of hydrogen-bond acceptors (Lipinski definition) is 7. The third-order valence-corrected chi connectivity index (χ3v) is 6.76. The lowest BCUT2D eigenvalue weighted by Gasteiger charge is -2.24. The van der Waals surface area contributed by atoms with Gasteiger partial charge in [-0.3, -0.25) is 4.79 Å². The predicted octanol–water partition coefficient (Wildman–Crippen LogP) is 4.29. The van der Waals surface area contributed by atoms with Crippen molar-refractivity contribution in [3.63, 3.8) is 0 Å². The first kappa shape index (κ1) is 21.8. The summed E-state index contributed by atoms with van der Waals surface area (Å²) in [5, 5.41) is 8.43. The number of thiazole rings is 1. The molecule has 0 saturated heterocycles. The molecule has 9 heteroatoms. The SMILES string of the molecule is C#CCOc1ccc([C@H]2CC(=O)Nc3c2c(C)nn3-c2nc3ccc(OC)cc3s2)cc1OC. The fourth-order valence-electron chi connectivity index (χ4n) is 4.22. The minimum Gasteiger partial charge on any atom is -0.497 e. The Morgan fingerprint density at radius 3 is 2.82 bits per heavy atom. The van der Waals surface area contributed by atoms with Gasteiger partial charge in [-0.25, -0.2) is 4.98 Å². The summed E-state index contributed by atoms with van der Waals surface area (Å²) in [6, 6.07) is 11.4. The summed E-state index contributed by atoms with van der Waals surface area (Å²) >= 11 is 1.49. The van der Waals surface area contributed by atoms with Crippen LogP contribution < -0.4 is 19.5 Å². The standard InChI is InChI=1S/C25H22N4O4S/c1-5-10-33-19-9-6-15(11-20(19)32-4)17-13-22(30)27-24-23(17)14(2)28-29(24)25-26-18-8-7-16(31-3)12-21(18)34-25/h1,6-9,11-12,17H,10,13H2,2-4H3,(H,27,30)/t17-/m1/s1. The number of anilines is 1. The first-order valence-electron chi connectivity index (χ1n) is 10.6.